The lowest BCUT2D eigenvalue weighted by Gasteiger charge is -2.35. The number of rotatable bonds is 12. The van der Waals surface area contributed by atoms with Crippen LogP contribution >= 0.6 is 0 Å². The summed E-state index contributed by atoms with van der Waals surface area (Å²) < 4.78 is 20.2. The largest absolute Gasteiger partial charge is 0.474 e. The Morgan fingerprint density at radius 3 is 2.59 bits per heavy atom. The fourth-order valence-electron chi connectivity index (χ4n) is 6.29. The molecule has 7 nitrogen and oxygen atoms in total. The number of ether oxygens (including phenoxy) is 3. The van der Waals surface area contributed by atoms with Gasteiger partial charge in [-0.15, -0.1) is 0 Å². The van der Waals surface area contributed by atoms with Crippen LogP contribution < -0.4 is 10.1 Å². The molecule has 3 aliphatic rings. The van der Waals surface area contributed by atoms with Gasteiger partial charge in [0.05, 0.1) is 11.6 Å². The monoisotopic (exact) mass is 526 g/mol. The predicted molar refractivity (Wildman–Crippen MR) is 153 cm³/mol. The lowest BCUT2D eigenvalue weighted by molar-refractivity contribution is 0.0129. The van der Waals surface area contributed by atoms with Gasteiger partial charge in [-0.1, -0.05) is 12.1 Å². The Morgan fingerprint density at radius 2 is 1.77 bits per heavy atom. The van der Waals surface area contributed by atoms with Crippen LogP contribution in [0.1, 0.15) is 32.1 Å². The van der Waals surface area contributed by atoms with Crippen molar-refractivity contribution in [3.8, 4) is 17.0 Å². The van der Waals surface area contributed by atoms with Gasteiger partial charge in [0, 0.05) is 86.5 Å². The van der Waals surface area contributed by atoms with E-state index in [1.54, 1.807) is 0 Å². The second-order valence-electron chi connectivity index (χ2n) is 11.6. The van der Waals surface area contributed by atoms with Gasteiger partial charge in [-0.3, -0.25) is 4.98 Å². The van der Waals surface area contributed by atoms with Crippen molar-refractivity contribution in [3.63, 3.8) is 0 Å². The number of benzene rings is 1. The van der Waals surface area contributed by atoms with Crippen molar-refractivity contribution in [1.82, 2.24) is 19.9 Å². The molecule has 1 N–H and O–H groups in total. The van der Waals surface area contributed by atoms with E-state index in [2.05, 4.69) is 57.2 Å². The maximum absolute atomic E-state index is 6.21. The first kappa shape index (κ1) is 25.0. The number of aryl methyl sites for hydroxylation is 1. The molecule has 7 heteroatoms. The number of nitrogens with zero attached hydrogens (tertiary/aromatic N) is 3. The third-order valence-corrected chi connectivity index (χ3v) is 8.99. The smallest absolute Gasteiger partial charge is 0.213 e. The van der Waals surface area contributed by atoms with E-state index in [4.69, 9.17) is 14.2 Å². The van der Waals surface area contributed by atoms with Gasteiger partial charge in [-0.2, -0.15) is 0 Å². The molecule has 3 aromatic heterocycles. The minimum atomic E-state index is 0.294. The quantitative estimate of drug-likeness (QED) is 0.251. The summed E-state index contributed by atoms with van der Waals surface area (Å²) in [6.45, 7) is 4.67. The second-order valence-corrected chi connectivity index (χ2v) is 11.6. The summed E-state index contributed by atoms with van der Waals surface area (Å²) in [5.74, 6) is 3.10. The Labute approximate surface area is 229 Å². The first-order chi connectivity index (χ1) is 19.2. The summed E-state index contributed by atoms with van der Waals surface area (Å²) in [7, 11) is 2.11. The Morgan fingerprint density at radius 1 is 0.897 bits per heavy atom. The van der Waals surface area contributed by atoms with Gasteiger partial charge in [0.25, 0.3) is 0 Å². The fraction of sp³-hybridized carbons (Fsp3) is 0.500. The van der Waals surface area contributed by atoms with Crippen molar-refractivity contribution >= 4 is 21.8 Å². The number of hydrogen-bond acceptors (Lipinski definition) is 6. The molecule has 0 radical (unpaired) electrons. The first-order valence-corrected chi connectivity index (χ1v) is 14.6. The van der Waals surface area contributed by atoms with E-state index in [-0.39, 0.29) is 0 Å². The van der Waals surface area contributed by atoms with Crippen LogP contribution in [0.5, 0.6) is 5.88 Å². The van der Waals surface area contributed by atoms with Crippen LogP contribution in [0.3, 0.4) is 0 Å². The van der Waals surface area contributed by atoms with Crippen LogP contribution in [0.15, 0.2) is 55.0 Å². The van der Waals surface area contributed by atoms with Crippen molar-refractivity contribution in [2.75, 3.05) is 32.9 Å². The van der Waals surface area contributed by atoms with Crippen molar-refractivity contribution in [1.29, 1.82) is 0 Å². The molecule has 39 heavy (non-hydrogen) atoms. The highest BCUT2D eigenvalue weighted by Crippen LogP contribution is 2.52. The zero-order chi connectivity index (χ0) is 26.2. The topological polar surface area (TPSA) is 70.4 Å². The molecular formula is C32H38N4O3. The third kappa shape index (κ3) is 5.28. The SMILES string of the molecule is Cn1c2ccncc2c2ccc(-c3ccc(OC4CC([C@@H]5C[C@H]5COCCCCOC5CNC5)C4)nc3)cc21. The van der Waals surface area contributed by atoms with Gasteiger partial charge >= 0.3 is 0 Å². The molecule has 4 heterocycles. The van der Waals surface area contributed by atoms with Gasteiger partial charge in [0.1, 0.15) is 6.10 Å². The van der Waals surface area contributed by atoms with E-state index < -0.39 is 0 Å². The van der Waals surface area contributed by atoms with E-state index in [9.17, 15) is 0 Å². The average Bonchev–Trinajstić information content (AvgIpc) is 3.63. The van der Waals surface area contributed by atoms with Gasteiger partial charge in [-0.25, -0.2) is 4.98 Å². The van der Waals surface area contributed by atoms with Crippen LogP contribution in [0.2, 0.25) is 0 Å². The zero-order valence-electron chi connectivity index (χ0n) is 22.7. The predicted octanol–water partition coefficient (Wildman–Crippen LogP) is 5.37. The van der Waals surface area contributed by atoms with Crippen molar-refractivity contribution < 1.29 is 14.2 Å². The van der Waals surface area contributed by atoms with Gasteiger partial charge in [0.2, 0.25) is 5.88 Å². The molecular weight excluding hydrogens is 488 g/mol. The minimum absolute atomic E-state index is 0.294. The van der Waals surface area contributed by atoms with Crippen LogP contribution in [-0.2, 0) is 16.5 Å². The van der Waals surface area contributed by atoms with E-state index in [0.717, 1.165) is 93.4 Å². The van der Waals surface area contributed by atoms with Gasteiger partial charge < -0.3 is 24.1 Å². The Hall–Kier alpha value is -3.00. The number of pyridine rings is 2. The molecule has 0 spiro atoms. The van der Waals surface area contributed by atoms with E-state index in [1.165, 1.54) is 28.2 Å². The van der Waals surface area contributed by atoms with E-state index in [0.29, 0.717) is 12.2 Å². The van der Waals surface area contributed by atoms with E-state index in [1.807, 2.05) is 24.7 Å². The van der Waals surface area contributed by atoms with Crippen molar-refractivity contribution in [2.24, 2.45) is 24.8 Å². The Bertz CT molecular complexity index is 1420. The third-order valence-electron chi connectivity index (χ3n) is 8.99. The normalized spacial score (nSPS) is 24.5. The summed E-state index contributed by atoms with van der Waals surface area (Å²) in [5, 5.41) is 5.64. The molecule has 0 unspecified atom stereocenters. The molecule has 1 aromatic carbocycles. The minimum Gasteiger partial charge on any atom is -0.474 e. The zero-order valence-corrected chi connectivity index (χ0v) is 22.7. The Balaban J connectivity index is 0.843. The highest BCUT2D eigenvalue weighted by Gasteiger charge is 2.48. The van der Waals surface area contributed by atoms with E-state index >= 15 is 0 Å². The molecule has 204 valence electrons. The molecule has 4 aromatic rings. The summed E-state index contributed by atoms with van der Waals surface area (Å²) in [4.78, 5) is 8.95. The first-order valence-electron chi connectivity index (χ1n) is 14.6. The molecule has 2 saturated carbocycles. The van der Waals surface area contributed by atoms with Crippen LogP contribution in [0, 0.1) is 17.8 Å². The molecule has 3 fully saturated rings. The number of aromatic nitrogens is 3. The Kier molecular flexibility index (Phi) is 6.97. The number of nitrogens with one attached hydrogen (secondary N) is 1. The molecule has 1 aliphatic heterocycles. The highest BCUT2D eigenvalue weighted by atomic mass is 16.5. The summed E-state index contributed by atoms with van der Waals surface area (Å²) >= 11 is 0. The molecule has 0 bridgehead atoms. The molecule has 0 amide bonds. The molecule has 7 rings (SSSR count). The number of hydrogen-bond donors (Lipinski definition) is 1. The molecule has 2 aliphatic carbocycles. The van der Waals surface area contributed by atoms with Crippen LogP contribution in [0.25, 0.3) is 32.9 Å². The van der Waals surface area contributed by atoms with Gasteiger partial charge in [0.15, 0.2) is 0 Å². The summed E-state index contributed by atoms with van der Waals surface area (Å²) in [6.07, 6.45) is 12.3. The van der Waals surface area contributed by atoms with Crippen molar-refractivity contribution in [3.05, 3.63) is 55.0 Å². The lowest BCUT2D eigenvalue weighted by Crippen LogP contribution is -2.48. The second kappa shape index (κ2) is 10.9. The van der Waals surface area contributed by atoms with Gasteiger partial charge in [-0.05, 0) is 73.6 Å². The summed E-state index contributed by atoms with van der Waals surface area (Å²) in [5.41, 5.74) is 4.65. The maximum Gasteiger partial charge on any atom is 0.213 e. The molecule has 2 atom stereocenters. The molecule has 1 saturated heterocycles. The summed E-state index contributed by atoms with van der Waals surface area (Å²) in [6, 6.07) is 12.8. The van der Waals surface area contributed by atoms with Crippen LogP contribution in [-0.4, -0.2) is 59.7 Å². The van der Waals surface area contributed by atoms with Crippen LogP contribution in [0.4, 0.5) is 0 Å². The maximum atomic E-state index is 6.21. The lowest BCUT2D eigenvalue weighted by atomic mass is 9.78. The number of unbranched alkanes of at least 4 members (excludes halogenated alkanes) is 1. The average molecular weight is 527 g/mol. The highest BCUT2D eigenvalue weighted by molar-refractivity contribution is 6.08. The fourth-order valence-corrected chi connectivity index (χ4v) is 6.29. The van der Waals surface area contributed by atoms with Crippen molar-refractivity contribution in [2.45, 2.75) is 44.3 Å². The number of fused-ring (bicyclic) bond motifs is 3. The standard InChI is InChI=1S/C32H38N4O3/c1-36-30-8-9-33-19-29(30)27-6-4-21(15-31(27)36)22-5-7-32(35-16-22)39-25-12-23(13-25)28-14-24(28)20-37-10-2-3-11-38-26-17-34-18-26/h4-9,15-16,19,23-26,28,34H,2-3,10-14,17-18,20H2,1H3/t23?,24-,25?,28-/m0/s1.